The van der Waals surface area contributed by atoms with Crippen LogP contribution in [0.4, 0.5) is 27.9 Å². The number of carboxylic acids is 1. The quantitative estimate of drug-likeness (QED) is 0.403. The molecule has 1 aromatic heterocycles. The molecule has 0 aliphatic carbocycles. The van der Waals surface area contributed by atoms with Crippen LogP contribution in [0.25, 0.3) is 0 Å². The van der Waals surface area contributed by atoms with Crippen molar-refractivity contribution in [2.75, 3.05) is 39.7 Å². The first-order valence-electron chi connectivity index (χ1n) is 13.7. The lowest BCUT2D eigenvalue weighted by Gasteiger charge is -2.29. The number of nitrogens with zero attached hydrogens (tertiary/aromatic N) is 6. The summed E-state index contributed by atoms with van der Waals surface area (Å²) in [5.41, 5.74) is 1.55. The van der Waals surface area contributed by atoms with Crippen LogP contribution in [0.3, 0.4) is 0 Å². The Balaban J connectivity index is 1.60. The molecule has 2 atom stereocenters. The molecule has 4 amide bonds. The van der Waals surface area contributed by atoms with E-state index in [-0.39, 0.29) is 36.1 Å². The molecule has 0 bridgehead atoms. The van der Waals surface area contributed by atoms with Crippen molar-refractivity contribution in [3.63, 3.8) is 0 Å². The Morgan fingerprint density at radius 2 is 1.82 bits per heavy atom. The fourth-order valence-corrected chi connectivity index (χ4v) is 5.36. The van der Waals surface area contributed by atoms with E-state index >= 15 is 0 Å². The summed E-state index contributed by atoms with van der Waals surface area (Å²) in [6, 6.07) is 4.77. The molecule has 2 aliphatic heterocycles. The zero-order valence-electron chi connectivity index (χ0n) is 23.6. The van der Waals surface area contributed by atoms with Crippen LogP contribution in [0.15, 0.2) is 30.5 Å². The molecule has 4 rings (SSSR count). The molecule has 2 saturated heterocycles. The average molecular weight is 552 g/mol. The Hall–Kier alpha value is -4.22. The number of hydrogen-bond acceptors (Lipinski definition) is 8. The highest BCUT2D eigenvalue weighted by atomic mass is 16.4. The highest BCUT2D eigenvalue weighted by molar-refractivity contribution is 6.21. The number of hydrogen-bond donors (Lipinski definition) is 2. The third-order valence-corrected chi connectivity index (χ3v) is 7.36. The molecule has 0 spiro atoms. The summed E-state index contributed by atoms with van der Waals surface area (Å²) in [7, 11) is 0. The third kappa shape index (κ3) is 5.56. The van der Waals surface area contributed by atoms with Crippen molar-refractivity contribution >= 4 is 47.0 Å². The fraction of sp³-hybridized carbons (Fsp3) is 0.500. The summed E-state index contributed by atoms with van der Waals surface area (Å²) in [6.45, 7) is 11.0. The van der Waals surface area contributed by atoms with E-state index in [2.05, 4.69) is 15.3 Å². The predicted octanol–water partition coefficient (Wildman–Crippen LogP) is 3.12. The zero-order chi connectivity index (χ0) is 29.1. The molecule has 0 unspecified atom stereocenters. The van der Waals surface area contributed by atoms with Crippen molar-refractivity contribution in [1.29, 1.82) is 0 Å². The Bertz CT molecular complexity index is 1260. The number of anilines is 4. The number of rotatable bonds is 11. The van der Waals surface area contributed by atoms with Crippen molar-refractivity contribution in [3.8, 4) is 0 Å². The maximum atomic E-state index is 12.8. The number of urea groups is 1. The number of imide groups is 1. The van der Waals surface area contributed by atoms with Gasteiger partial charge in [-0.2, -0.15) is 4.98 Å². The molecule has 12 heteroatoms. The van der Waals surface area contributed by atoms with E-state index in [1.54, 1.807) is 35.4 Å². The molecule has 2 fully saturated rings. The predicted molar refractivity (Wildman–Crippen MR) is 152 cm³/mol. The number of carbonyl (C=O) groups is 4. The monoisotopic (exact) mass is 551 g/mol. The molecule has 1 aromatic carbocycles. The van der Waals surface area contributed by atoms with E-state index in [1.807, 2.05) is 32.6 Å². The molecule has 2 aliphatic rings. The molecule has 3 heterocycles. The highest BCUT2D eigenvalue weighted by Gasteiger charge is 2.47. The van der Waals surface area contributed by atoms with Gasteiger partial charge in [-0.05, 0) is 58.2 Å². The van der Waals surface area contributed by atoms with Gasteiger partial charge in [-0.25, -0.2) is 19.5 Å². The normalized spacial score (nSPS) is 17.3. The van der Waals surface area contributed by atoms with E-state index in [1.165, 1.54) is 16.7 Å². The Labute approximate surface area is 234 Å². The summed E-state index contributed by atoms with van der Waals surface area (Å²) in [5, 5.41) is 13.1. The van der Waals surface area contributed by atoms with Crippen LogP contribution in [0.5, 0.6) is 0 Å². The molecule has 12 nitrogen and oxygen atoms in total. The van der Waals surface area contributed by atoms with Crippen LogP contribution in [-0.2, 0) is 20.8 Å². The topological polar surface area (TPSA) is 139 Å². The van der Waals surface area contributed by atoms with Crippen LogP contribution in [0.1, 0.15) is 53.0 Å². The van der Waals surface area contributed by atoms with Crippen LogP contribution in [0, 0.1) is 0 Å². The second kappa shape index (κ2) is 11.9. The van der Waals surface area contributed by atoms with E-state index < -0.39 is 18.1 Å². The van der Waals surface area contributed by atoms with Gasteiger partial charge in [0.25, 0.3) is 5.91 Å². The summed E-state index contributed by atoms with van der Waals surface area (Å²) >= 11 is 0. The van der Waals surface area contributed by atoms with Gasteiger partial charge in [0.05, 0.1) is 11.9 Å². The number of carboxylic acid groups (broad SMARTS) is 1. The van der Waals surface area contributed by atoms with Gasteiger partial charge >= 0.3 is 12.0 Å². The van der Waals surface area contributed by atoms with Crippen LogP contribution < -0.4 is 20.0 Å². The van der Waals surface area contributed by atoms with Crippen molar-refractivity contribution < 1.29 is 24.3 Å². The highest BCUT2D eigenvalue weighted by Crippen LogP contribution is 2.32. The largest absolute Gasteiger partial charge is 0.480 e. The second-order valence-corrected chi connectivity index (χ2v) is 10.3. The number of amides is 4. The summed E-state index contributed by atoms with van der Waals surface area (Å²) in [5.74, 6) is -0.856. The lowest BCUT2D eigenvalue weighted by Crippen LogP contribution is -2.38. The van der Waals surface area contributed by atoms with Gasteiger partial charge in [-0.1, -0.05) is 12.1 Å². The Kier molecular flexibility index (Phi) is 8.55. The number of carbonyl (C=O) groups excluding carboxylic acids is 3. The van der Waals surface area contributed by atoms with Gasteiger partial charge in [-0.15, -0.1) is 0 Å². The van der Waals surface area contributed by atoms with E-state index in [4.69, 9.17) is 0 Å². The smallest absolute Gasteiger partial charge is 0.332 e. The lowest BCUT2D eigenvalue weighted by molar-refractivity contribution is -0.137. The first-order valence-corrected chi connectivity index (χ1v) is 13.7. The summed E-state index contributed by atoms with van der Waals surface area (Å²) in [6.07, 6.45) is 3.14. The Morgan fingerprint density at radius 3 is 2.38 bits per heavy atom. The minimum Gasteiger partial charge on any atom is -0.480 e. The lowest BCUT2D eigenvalue weighted by atomic mass is 10.0. The SMILES string of the molecule is CCN(CC)c1ncc(N(C(C)=O)C(C)C)c(N[C@@H](Cc2ccc(N3C(=O)[C@@H]4CCCN4C3=O)cc2)C(=O)O)n1. The first kappa shape index (κ1) is 28.8. The van der Waals surface area contributed by atoms with Crippen LogP contribution in [0.2, 0.25) is 0 Å². The van der Waals surface area contributed by atoms with Crippen molar-refractivity contribution in [2.45, 2.75) is 72.0 Å². The number of aliphatic carboxylic acids is 1. The zero-order valence-corrected chi connectivity index (χ0v) is 23.6. The fourth-order valence-electron chi connectivity index (χ4n) is 5.36. The summed E-state index contributed by atoms with van der Waals surface area (Å²) < 4.78 is 0. The molecule has 214 valence electrons. The van der Waals surface area contributed by atoms with Gasteiger partial charge < -0.3 is 25.1 Å². The van der Waals surface area contributed by atoms with E-state index in [0.29, 0.717) is 48.9 Å². The average Bonchev–Trinajstić information content (AvgIpc) is 3.49. The van der Waals surface area contributed by atoms with Gasteiger partial charge in [0.1, 0.15) is 17.8 Å². The minimum atomic E-state index is -1.09. The molecular formula is C28H37N7O5. The molecule has 0 saturated carbocycles. The van der Waals surface area contributed by atoms with Crippen LogP contribution >= 0.6 is 0 Å². The van der Waals surface area contributed by atoms with Crippen molar-refractivity contribution in [3.05, 3.63) is 36.0 Å². The molecule has 2 aromatic rings. The maximum absolute atomic E-state index is 12.8. The van der Waals surface area contributed by atoms with Crippen molar-refractivity contribution in [2.24, 2.45) is 0 Å². The number of nitrogens with one attached hydrogen (secondary N) is 1. The number of benzene rings is 1. The van der Waals surface area contributed by atoms with E-state index in [0.717, 1.165) is 6.42 Å². The maximum Gasteiger partial charge on any atom is 0.332 e. The standard InChI is InChI=1S/C28H37N7O5/c1-6-32(7-2)27-29-16-23(34(17(3)4)18(5)36)24(31-27)30-21(26(38)39)15-19-10-12-20(13-11-19)35-25(37)22-9-8-14-33(22)28(35)40/h10-13,16-17,21-22H,6-9,14-15H2,1-5H3,(H,38,39)(H,29,30,31)/t21-,22-/m0/s1. The third-order valence-electron chi connectivity index (χ3n) is 7.36. The molecule has 2 N–H and O–H groups in total. The Morgan fingerprint density at radius 1 is 1.15 bits per heavy atom. The van der Waals surface area contributed by atoms with E-state index in [9.17, 15) is 24.3 Å². The minimum absolute atomic E-state index is 0.0953. The van der Waals surface area contributed by atoms with Crippen LogP contribution in [-0.4, -0.2) is 81.5 Å². The molecule has 40 heavy (non-hydrogen) atoms. The van der Waals surface area contributed by atoms with Crippen molar-refractivity contribution in [1.82, 2.24) is 14.9 Å². The van der Waals surface area contributed by atoms with Gasteiger partial charge in [0.15, 0.2) is 5.82 Å². The number of fused-ring (bicyclic) bond motifs is 1. The molecule has 0 radical (unpaired) electrons. The summed E-state index contributed by atoms with van der Waals surface area (Å²) in [4.78, 5) is 65.7. The van der Waals surface area contributed by atoms with Gasteiger partial charge in [0.2, 0.25) is 11.9 Å². The van der Waals surface area contributed by atoms with Gasteiger partial charge in [0, 0.05) is 39.0 Å². The first-order chi connectivity index (χ1) is 19.1. The number of aromatic nitrogens is 2. The molecular weight excluding hydrogens is 514 g/mol. The van der Waals surface area contributed by atoms with Gasteiger partial charge in [-0.3, -0.25) is 9.59 Å². The second-order valence-electron chi connectivity index (χ2n) is 10.3.